The molecule has 0 fully saturated rings. The van der Waals surface area contributed by atoms with Crippen LogP contribution in [0.15, 0.2) is 64.6 Å². The fourth-order valence-corrected chi connectivity index (χ4v) is 4.27. The Bertz CT molecular complexity index is 1290. The first-order chi connectivity index (χ1) is 15.8. The molecule has 1 N–H and O–H groups in total. The van der Waals surface area contributed by atoms with Crippen molar-refractivity contribution in [2.24, 2.45) is 9.98 Å². The average molecular weight is 480 g/mol. The first-order valence-electron chi connectivity index (χ1n) is 10.5. The van der Waals surface area contributed by atoms with Gasteiger partial charge in [0.25, 0.3) is 0 Å². The van der Waals surface area contributed by atoms with E-state index in [1.807, 2.05) is 43.3 Å². The zero-order chi connectivity index (χ0) is 23.5. The first kappa shape index (κ1) is 23.2. The van der Waals surface area contributed by atoms with Gasteiger partial charge in [0.1, 0.15) is 5.82 Å². The number of aryl methyl sites for hydroxylation is 3. The van der Waals surface area contributed by atoms with Crippen LogP contribution >= 0.6 is 23.4 Å². The molecule has 0 radical (unpaired) electrons. The van der Waals surface area contributed by atoms with Gasteiger partial charge in [-0.2, -0.15) is 0 Å². The maximum Gasteiger partial charge on any atom is 0.234 e. The van der Waals surface area contributed by atoms with E-state index in [4.69, 9.17) is 21.6 Å². The smallest absolute Gasteiger partial charge is 0.234 e. The van der Waals surface area contributed by atoms with Crippen LogP contribution in [0.2, 0.25) is 5.02 Å². The summed E-state index contributed by atoms with van der Waals surface area (Å²) in [5.41, 5.74) is 6.65. The standard InChI is InChI=1S/C26H23ClFN3OS/c1-15-4-9-20(12-21(15)28)29-25(32)14-33-26-13-22(18-5-7-19(27)8-6-18)30-23-10-16(2)17(3)11-24(23)31-26/h4-12H,13-14H2,1-3H3,(H,29,32). The van der Waals surface area contributed by atoms with Gasteiger partial charge >= 0.3 is 0 Å². The summed E-state index contributed by atoms with van der Waals surface area (Å²) in [4.78, 5) is 22.3. The van der Waals surface area contributed by atoms with E-state index in [0.29, 0.717) is 22.7 Å². The number of halogens is 2. The SMILES string of the molecule is Cc1cc2c(cc1C)N=C(c1ccc(Cl)cc1)CC(SCC(=O)Nc1ccc(C)c(F)c1)=N2. The molecular formula is C26H23ClFN3OS. The largest absolute Gasteiger partial charge is 0.325 e. The normalized spacial score (nSPS) is 13.0. The van der Waals surface area contributed by atoms with Crippen molar-refractivity contribution in [3.63, 3.8) is 0 Å². The van der Waals surface area contributed by atoms with E-state index >= 15 is 0 Å². The highest BCUT2D eigenvalue weighted by molar-refractivity contribution is 8.14. The molecule has 1 aliphatic heterocycles. The molecule has 7 heteroatoms. The predicted molar refractivity (Wildman–Crippen MR) is 138 cm³/mol. The second-order valence-corrected chi connectivity index (χ2v) is 9.46. The molecule has 4 rings (SSSR count). The summed E-state index contributed by atoms with van der Waals surface area (Å²) in [6.45, 7) is 5.78. The molecule has 1 heterocycles. The van der Waals surface area contributed by atoms with Crippen LogP contribution in [-0.4, -0.2) is 22.4 Å². The van der Waals surface area contributed by atoms with Crippen molar-refractivity contribution in [2.45, 2.75) is 27.2 Å². The number of carbonyl (C=O) groups is 1. The Labute approximate surface area is 202 Å². The summed E-state index contributed by atoms with van der Waals surface area (Å²) >= 11 is 7.42. The molecule has 0 unspecified atom stereocenters. The van der Waals surface area contributed by atoms with Crippen molar-refractivity contribution < 1.29 is 9.18 Å². The van der Waals surface area contributed by atoms with E-state index < -0.39 is 0 Å². The van der Waals surface area contributed by atoms with Gasteiger partial charge in [-0.15, -0.1) is 11.8 Å². The van der Waals surface area contributed by atoms with E-state index in [1.165, 1.54) is 17.8 Å². The predicted octanol–water partition coefficient (Wildman–Crippen LogP) is 7.33. The molecule has 3 aromatic rings. The second kappa shape index (κ2) is 9.89. The number of hydrogen-bond donors (Lipinski definition) is 1. The lowest BCUT2D eigenvalue weighted by Gasteiger charge is -2.09. The summed E-state index contributed by atoms with van der Waals surface area (Å²) in [7, 11) is 0. The van der Waals surface area contributed by atoms with Gasteiger partial charge in [-0.1, -0.05) is 29.8 Å². The van der Waals surface area contributed by atoms with Crippen molar-refractivity contribution in [3.8, 4) is 0 Å². The number of carbonyl (C=O) groups excluding carboxylic acids is 1. The van der Waals surface area contributed by atoms with E-state index in [0.717, 1.165) is 38.8 Å². The van der Waals surface area contributed by atoms with Crippen LogP contribution < -0.4 is 5.32 Å². The van der Waals surface area contributed by atoms with Crippen LogP contribution in [0.1, 0.15) is 28.7 Å². The number of nitrogens with zero attached hydrogens (tertiary/aromatic N) is 2. The third kappa shape index (κ3) is 5.70. The van der Waals surface area contributed by atoms with Crippen LogP contribution in [0.5, 0.6) is 0 Å². The average Bonchev–Trinajstić information content (AvgIpc) is 2.95. The lowest BCUT2D eigenvalue weighted by molar-refractivity contribution is -0.113. The van der Waals surface area contributed by atoms with Crippen LogP contribution in [-0.2, 0) is 4.79 Å². The van der Waals surface area contributed by atoms with Crippen molar-refractivity contribution in [1.82, 2.24) is 0 Å². The molecule has 0 saturated carbocycles. The Kier molecular flexibility index (Phi) is 6.96. The highest BCUT2D eigenvalue weighted by Crippen LogP contribution is 2.36. The summed E-state index contributed by atoms with van der Waals surface area (Å²) in [6, 6.07) is 16.3. The highest BCUT2D eigenvalue weighted by atomic mass is 35.5. The minimum absolute atomic E-state index is 0.155. The second-order valence-electron chi connectivity index (χ2n) is 7.97. The number of fused-ring (bicyclic) bond motifs is 1. The molecule has 3 aromatic carbocycles. The lowest BCUT2D eigenvalue weighted by atomic mass is 10.1. The molecule has 4 nitrogen and oxygen atoms in total. The van der Waals surface area contributed by atoms with Gasteiger partial charge in [0.15, 0.2) is 0 Å². The quantitative estimate of drug-likeness (QED) is 0.425. The third-order valence-corrected chi connectivity index (χ3v) is 6.64. The Hall–Kier alpha value is -2.96. The van der Waals surface area contributed by atoms with Crippen LogP contribution in [0, 0.1) is 26.6 Å². The molecule has 33 heavy (non-hydrogen) atoms. The number of hydrogen-bond acceptors (Lipinski definition) is 4. The monoisotopic (exact) mass is 479 g/mol. The van der Waals surface area contributed by atoms with Gasteiger partial charge in [-0.05, 0) is 79.4 Å². The van der Waals surface area contributed by atoms with Crippen molar-refractivity contribution in [2.75, 3.05) is 11.1 Å². The summed E-state index contributed by atoms with van der Waals surface area (Å²) in [5, 5.41) is 4.20. The Balaban J connectivity index is 1.57. The maximum atomic E-state index is 13.8. The van der Waals surface area contributed by atoms with Gasteiger partial charge in [0.2, 0.25) is 5.91 Å². The number of thioether (sulfide) groups is 1. The Morgan fingerprint density at radius 2 is 1.64 bits per heavy atom. The van der Waals surface area contributed by atoms with E-state index in [1.54, 1.807) is 19.1 Å². The molecule has 1 amide bonds. The van der Waals surface area contributed by atoms with Crippen molar-refractivity contribution in [3.05, 3.63) is 87.7 Å². The summed E-state index contributed by atoms with van der Waals surface area (Å²) in [5.74, 6) is -0.414. The van der Waals surface area contributed by atoms with Crippen LogP contribution in [0.4, 0.5) is 21.5 Å². The molecule has 0 aliphatic carbocycles. The topological polar surface area (TPSA) is 53.8 Å². The number of nitrogens with one attached hydrogen (secondary N) is 1. The fraction of sp³-hybridized carbons (Fsp3) is 0.192. The van der Waals surface area contributed by atoms with E-state index in [2.05, 4.69) is 12.2 Å². The molecule has 0 saturated heterocycles. The van der Waals surface area contributed by atoms with E-state index in [9.17, 15) is 9.18 Å². The van der Waals surface area contributed by atoms with Crippen molar-refractivity contribution >= 4 is 57.1 Å². The molecule has 0 bridgehead atoms. The van der Waals surface area contributed by atoms with Crippen LogP contribution in [0.25, 0.3) is 0 Å². The molecule has 1 aliphatic rings. The van der Waals surface area contributed by atoms with Gasteiger partial charge in [0.05, 0.1) is 27.9 Å². The minimum Gasteiger partial charge on any atom is -0.325 e. The van der Waals surface area contributed by atoms with E-state index in [-0.39, 0.29) is 17.5 Å². The number of amides is 1. The first-order valence-corrected chi connectivity index (χ1v) is 11.9. The highest BCUT2D eigenvalue weighted by Gasteiger charge is 2.18. The maximum absolute atomic E-state index is 13.8. The number of benzene rings is 3. The summed E-state index contributed by atoms with van der Waals surface area (Å²) < 4.78 is 13.8. The Morgan fingerprint density at radius 3 is 2.30 bits per heavy atom. The van der Waals surface area contributed by atoms with Gasteiger partial charge < -0.3 is 5.32 Å². The third-order valence-electron chi connectivity index (χ3n) is 5.41. The molecular weight excluding hydrogens is 457 g/mol. The molecule has 168 valence electrons. The van der Waals surface area contributed by atoms with Crippen LogP contribution in [0.3, 0.4) is 0 Å². The lowest BCUT2D eigenvalue weighted by Crippen LogP contribution is -2.16. The minimum atomic E-state index is -0.348. The number of anilines is 1. The van der Waals surface area contributed by atoms with Gasteiger partial charge in [0, 0.05) is 17.1 Å². The molecule has 0 atom stereocenters. The number of rotatable bonds is 4. The molecule has 0 spiro atoms. The Morgan fingerprint density at radius 1 is 0.970 bits per heavy atom. The van der Waals surface area contributed by atoms with Gasteiger partial charge in [-0.25, -0.2) is 9.38 Å². The van der Waals surface area contributed by atoms with Crippen molar-refractivity contribution in [1.29, 1.82) is 0 Å². The zero-order valence-electron chi connectivity index (χ0n) is 18.6. The fourth-order valence-electron chi connectivity index (χ4n) is 3.38. The number of aliphatic imine (C=N–C) groups is 2. The van der Waals surface area contributed by atoms with Gasteiger partial charge in [-0.3, -0.25) is 9.79 Å². The zero-order valence-corrected chi connectivity index (χ0v) is 20.1. The summed E-state index contributed by atoms with van der Waals surface area (Å²) in [6.07, 6.45) is 0.492. The molecule has 0 aromatic heterocycles.